The van der Waals surface area contributed by atoms with Crippen molar-refractivity contribution in [3.05, 3.63) is 60.2 Å². The summed E-state index contributed by atoms with van der Waals surface area (Å²) in [6, 6.07) is 18.0. The maximum atomic E-state index is 12.6. The molecule has 2 aromatic rings. The van der Waals surface area contributed by atoms with E-state index in [0.29, 0.717) is 6.54 Å². The molecule has 0 saturated heterocycles. The summed E-state index contributed by atoms with van der Waals surface area (Å²) in [5, 5.41) is 3.32. The Kier molecular flexibility index (Phi) is 3.42. The molecular formula is C17H18N2O. The predicted octanol–water partition coefficient (Wildman–Crippen LogP) is 3.42. The molecule has 1 unspecified atom stereocenters. The van der Waals surface area contributed by atoms with Crippen LogP contribution in [-0.4, -0.2) is 11.9 Å². The van der Waals surface area contributed by atoms with Crippen LogP contribution in [0.15, 0.2) is 54.6 Å². The van der Waals surface area contributed by atoms with Crippen LogP contribution in [0.3, 0.4) is 0 Å². The van der Waals surface area contributed by atoms with Crippen molar-refractivity contribution in [1.29, 1.82) is 0 Å². The Morgan fingerprint density at radius 1 is 1.05 bits per heavy atom. The van der Waals surface area contributed by atoms with Crippen molar-refractivity contribution in [2.45, 2.75) is 25.9 Å². The fraction of sp³-hybridized carbons (Fsp3) is 0.235. The van der Waals surface area contributed by atoms with Gasteiger partial charge in [-0.3, -0.25) is 4.79 Å². The lowest BCUT2D eigenvalue weighted by Gasteiger charge is -2.35. The zero-order valence-corrected chi connectivity index (χ0v) is 11.5. The van der Waals surface area contributed by atoms with E-state index >= 15 is 0 Å². The average Bonchev–Trinajstić information content (AvgIpc) is 2.51. The summed E-state index contributed by atoms with van der Waals surface area (Å²) >= 11 is 0. The molecule has 1 amide bonds. The Hall–Kier alpha value is -2.29. The Morgan fingerprint density at radius 3 is 2.50 bits per heavy atom. The number of para-hydroxylation sites is 2. The molecule has 1 heterocycles. The minimum Gasteiger partial charge on any atom is -0.372 e. The van der Waals surface area contributed by atoms with Crippen LogP contribution in [0.4, 0.5) is 11.4 Å². The number of carbonyl (C=O) groups excluding carboxylic acids is 1. The van der Waals surface area contributed by atoms with Crippen molar-refractivity contribution in [3.63, 3.8) is 0 Å². The van der Waals surface area contributed by atoms with Crippen LogP contribution in [0.1, 0.15) is 18.9 Å². The first kappa shape index (κ1) is 12.7. The average molecular weight is 266 g/mol. The number of nitrogens with one attached hydrogen (secondary N) is 1. The van der Waals surface area contributed by atoms with Crippen molar-refractivity contribution in [2.24, 2.45) is 0 Å². The maximum Gasteiger partial charge on any atom is 0.249 e. The zero-order valence-electron chi connectivity index (χ0n) is 11.5. The topological polar surface area (TPSA) is 32.3 Å². The molecule has 2 aromatic carbocycles. The fourth-order valence-electron chi connectivity index (χ4n) is 2.59. The van der Waals surface area contributed by atoms with Gasteiger partial charge in [-0.2, -0.15) is 0 Å². The molecule has 0 radical (unpaired) electrons. The van der Waals surface area contributed by atoms with Gasteiger partial charge in [-0.1, -0.05) is 49.4 Å². The number of anilines is 2. The van der Waals surface area contributed by atoms with E-state index in [9.17, 15) is 4.79 Å². The Balaban J connectivity index is 1.97. The van der Waals surface area contributed by atoms with Gasteiger partial charge in [0.2, 0.25) is 5.91 Å². The van der Waals surface area contributed by atoms with Crippen LogP contribution in [0.25, 0.3) is 0 Å². The largest absolute Gasteiger partial charge is 0.372 e. The number of hydrogen-bond acceptors (Lipinski definition) is 2. The second-order valence-electron chi connectivity index (χ2n) is 5.03. The number of fused-ring (bicyclic) bond motifs is 1. The molecular weight excluding hydrogens is 248 g/mol. The van der Waals surface area contributed by atoms with E-state index in [-0.39, 0.29) is 11.9 Å². The van der Waals surface area contributed by atoms with Gasteiger partial charge in [-0.05, 0) is 24.1 Å². The van der Waals surface area contributed by atoms with E-state index < -0.39 is 0 Å². The molecule has 0 fully saturated rings. The highest BCUT2D eigenvalue weighted by Gasteiger charge is 2.30. The van der Waals surface area contributed by atoms with Crippen LogP contribution < -0.4 is 10.2 Å². The van der Waals surface area contributed by atoms with E-state index in [1.165, 1.54) is 0 Å². The molecule has 0 aliphatic carbocycles. The van der Waals surface area contributed by atoms with Gasteiger partial charge < -0.3 is 10.2 Å². The SMILES string of the molecule is CCC1Nc2ccccc2N(Cc2ccccc2)C1=O. The molecule has 0 bridgehead atoms. The summed E-state index contributed by atoms with van der Waals surface area (Å²) in [7, 11) is 0. The van der Waals surface area contributed by atoms with Crippen LogP contribution in [0, 0.1) is 0 Å². The number of hydrogen-bond donors (Lipinski definition) is 1. The molecule has 1 aliphatic rings. The van der Waals surface area contributed by atoms with Crippen LogP contribution in [0.5, 0.6) is 0 Å². The summed E-state index contributed by atoms with van der Waals surface area (Å²) < 4.78 is 0. The molecule has 0 aromatic heterocycles. The van der Waals surface area contributed by atoms with Gasteiger partial charge >= 0.3 is 0 Å². The summed E-state index contributed by atoms with van der Waals surface area (Å²) in [5.74, 6) is 0.148. The molecule has 3 rings (SSSR count). The van der Waals surface area contributed by atoms with Gasteiger partial charge in [0.25, 0.3) is 0 Å². The second-order valence-corrected chi connectivity index (χ2v) is 5.03. The standard InChI is InChI=1S/C17H18N2O/c1-2-14-17(20)19(12-13-8-4-3-5-9-13)16-11-7-6-10-15(16)18-14/h3-11,14,18H,2,12H2,1H3. The summed E-state index contributed by atoms with van der Waals surface area (Å²) in [6.45, 7) is 2.65. The van der Waals surface area contributed by atoms with Crippen molar-refractivity contribution in [1.82, 2.24) is 0 Å². The number of benzene rings is 2. The normalized spacial score (nSPS) is 17.6. The third kappa shape index (κ3) is 2.27. The molecule has 3 nitrogen and oxygen atoms in total. The molecule has 0 saturated carbocycles. The first-order chi connectivity index (χ1) is 9.79. The van der Waals surface area contributed by atoms with E-state index in [1.807, 2.05) is 54.3 Å². The van der Waals surface area contributed by atoms with Gasteiger partial charge in [0.1, 0.15) is 6.04 Å². The van der Waals surface area contributed by atoms with Gasteiger partial charge in [0, 0.05) is 0 Å². The van der Waals surface area contributed by atoms with Gasteiger partial charge in [-0.15, -0.1) is 0 Å². The smallest absolute Gasteiger partial charge is 0.249 e. The van der Waals surface area contributed by atoms with Crippen molar-refractivity contribution in [2.75, 3.05) is 10.2 Å². The van der Waals surface area contributed by atoms with Crippen molar-refractivity contribution in [3.8, 4) is 0 Å². The van der Waals surface area contributed by atoms with Crippen LogP contribution >= 0.6 is 0 Å². The number of amides is 1. The van der Waals surface area contributed by atoms with Crippen LogP contribution in [-0.2, 0) is 11.3 Å². The number of rotatable bonds is 3. The number of carbonyl (C=O) groups is 1. The van der Waals surface area contributed by atoms with Gasteiger partial charge in [0.15, 0.2) is 0 Å². The molecule has 1 aliphatic heterocycles. The minimum atomic E-state index is -0.131. The molecule has 3 heteroatoms. The molecule has 102 valence electrons. The van der Waals surface area contributed by atoms with Crippen LogP contribution in [0.2, 0.25) is 0 Å². The first-order valence-electron chi connectivity index (χ1n) is 7.00. The minimum absolute atomic E-state index is 0.131. The molecule has 0 spiro atoms. The zero-order chi connectivity index (χ0) is 13.9. The van der Waals surface area contributed by atoms with E-state index in [1.54, 1.807) is 0 Å². The highest BCUT2D eigenvalue weighted by atomic mass is 16.2. The van der Waals surface area contributed by atoms with Crippen molar-refractivity contribution >= 4 is 17.3 Å². The summed E-state index contributed by atoms with van der Waals surface area (Å²) in [5.41, 5.74) is 3.15. The van der Waals surface area contributed by atoms with E-state index in [2.05, 4.69) is 17.4 Å². The maximum absolute atomic E-state index is 12.6. The summed E-state index contributed by atoms with van der Waals surface area (Å²) in [4.78, 5) is 14.5. The van der Waals surface area contributed by atoms with Gasteiger partial charge in [-0.25, -0.2) is 0 Å². The molecule has 20 heavy (non-hydrogen) atoms. The predicted molar refractivity (Wildman–Crippen MR) is 81.8 cm³/mol. The van der Waals surface area contributed by atoms with Gasteiger partial charge in [0.05, 0.1) is 17.9 Å². The lowest BCUT2D eigenvalue weighted by molar-refractivity contribution is -0.119. The first-order valence-corrected chi connectivity index (χ1v) is 7.00. The molecule has 1 atom stereocenters. The highest BCUT2D eigenvalue weighted by Crippen LogP contribution is 2.32. The highest BCUT2D eigenvalue weighted by molar-refractivity contribution is 6.04. The van der Waals surface area contributed by atoms with E-state index in [0.717, 1.165) is 23.4 Å². The Bertz CT molecular complexity index is 609. The monoisotopic (exact) mass is 266 g/mol. The number of nitrogens with zero attached hydrogens (tertiary/aromatic N) is 1. The third-order valence-corrected chi connectivity index (χ3v) is 3.68. The lowest BCUT2D eigenvalue weighted by atomic mass is 10.1. The fourth-order valence-corrected chi connectivity index (χ4v) is 2.59. The molecule has 1 N–H and O–H groups in total. The summed E-state index contributed by atoms with van der Waals surface area (Å²) in [6.07, 6.45) is 0.790. The lowest BCUT2D eigenvalue weighted by Crippen LogP contribution is -2.46. The quantitative estimate of drug-likeness (QED) is 0.923. The Labute approximate surface area is 119 Å². The Morgan fingerprint density at radius 2 is 1.75 bits per heavy atom. The van der Waals surface area contributed by atoms with E-state index in [4.69, 9.17) is 0 Å². The second kappa shape index (κ2) is 5.37. The third-order valence-electron chi connectivity index (χ3n) is 3.68. The van der Waals surface area contributed by atoms with Crippen molar-refractivity contribution < 1.29 is 4.79 Å².